The van der Waals surface area contributed by atoms with E-state index in [4.69, 9.17) is 4.42 Å². The van der Waals surface area contributed by atoms with E-state index in [9.17, 15) is 18.0 Å². The molecule has 0 aliphatic heterocycles. The highest BCUT2D eigenvalue weighted by atomic mass is 32.2. The minimum atomic E-state index is -3.86. The van der Waals surface area contributed by atoms with Gasteiger partial charge in [-0.1, -0.05) is 12.1 Å². The molecule has 1 aromatic heterocycles. The molecule has 1 aromatic carbocycles. The van der Waals surface area contributed by atoms with Crippen LogP contribution in [0.1, 0.15) is 62.7 Å². The molecule has 1 heterocycles. The maximum absolute atomic E-state index is 12.5. The van der Waals surface area contributed by atoms with Crippen LogP contribution in [0.2, 0.25) is 0 Å². The van der Waals surface area contributed by atoms with Crippen molar-refractivity contribution in [3.8, 4) is 0 Å². The van der Waals surface area contributed by atoms with Crippen LogP contribution in [0.3, 0.4) is 0 Å². The lowest BCUT2D eigenvalue weighted by Crippen LogP contribution is -2.40. The van der Waals surface area contributed by atoms with Crippen molar-refractivity contribution in [2.75, 3.05) is 5.32 Å². The first-order chi connectivity index (χ1) is 13.9. The molecule has 1 atom stereocenters. The van der Waals surface area contributed by atoms with Crippen LogP contribution in [0, 0.1) is 5.92 Å². The maximum Gasteiger partial charge on any atom is 0.287 e. The van der Waals surface area contributed by atoms with Crippen molar-refractivity contribution in [3.05, 3.63) is 47.7 Å². The highest BCUT2D eigenvalue weighted by Gasteiger charge is 2.29. The Morgan fingerprint density at radius 1 is 1.07 bits per heavy atom. The molecule has 8 nitrogen and oxygen atoms in total. The van der Waals surface area contributed by atoms with Gasteiger partial charge in [0.05, 0.1) is 6.04 Å². The van der Waals surface area contributed by atoms with Gasteiger partial charge in [0, 0.05) is 17.1 Å². The van der Waals surface area contributed by atoms with Gasteiger partial charge in [-0.2, -0.15) is 0 Å². The SMILES string of the molecule is CC(NC(=O)c1ccc(S(=O)(=O)NC(C)(C)C)o1)c1ccc(NC(=O)C2CC2)cc1. The smallest absolute Gasteiger partial charge is 0.287 e. The summed E-state index contributed by atoms with van der Waals surface area (Å²) in [5.74, 6) is -0.451. The van der Waals surface area contributed by atoms with Crippen LogP contribution in [0.4, 0.5) is 5.69 Å². The molecule has 0 bridgehead atoms. The second kappa shape index (κ2) is 8.23. The summed E-state index contributed by atoms with van der Waals surface area (Å²) < 4.78 is 32.4. The van der Waals surface area contributed by atoms with Gasteiger partial charge in [-0.05, 0) is 70.4 Å². The standard InChI is InChI=1S/C21H27N3O5S/c1-13(14-7-9-16(10-8-14)23-19(25)15-5-6-15)22-20(26)17-11-12-18(29-17)30(27,28)24-21(2,3)4/h7-13,15,24H,5-6H2,1-4H3,(H,22,26)(H,23,25). The van der Waals surface area contributed by atoms with Gasteiger partial charge >= 0.3 is 0 Å². The van der Waals surface area contributed by atoms with Gasteiger partial charge in [0.2, 0.25) is 11.0 Å². The van der Waals surface area contributed by atoms with E-state index < -0.39 is 21.5 Å². The van der Waals surface area contributed by atoms with Crippen molar-refractivity contribution in [1.29, 1.82) is 0 Å². The molecule has 1 unspecified atom stereocenters. The molecule has 0 saturated heterocycles. The summed E-state index contributed by atoms with van der Waals surface area (Å²) in [6.45, 7) is 6.94. The van der Waals surface area contributed by atoms with Crippen LogP contribution in [0.5, 0.6) is 0 Å². The van der Waals surface area contributed by atoms with Crippen molar-refractivity contribution < 1.29 is 22.4 Å². The molecule has 3 rings (SSSR count). The Balaban J connectivity index is 1.61. The zero-order valence-electron chi connectivity index (χ0n) is 17.5. The van der Waals surface area contributed by atoms with Crippen molar-refractivity contribution in [1.82, 2.24) is 10.0 Å². The van der Waals surface area contributed by atoms with Crippen LogP contribution in [-0.2, 0) is 14.8 Å². The Labute approximate surface area is 176 Å². The number of hydrogen-bond acceptors (Lipinski definition) is 5. The Hall–Kier alpha value is -2.65. The Morgan fingerprint density at radius 3 is 2.27 bits per heavy atom. The number of sulfonamides is 1. The monoisotopic (exact) mass is 433 g/mol. The van der Waals surface area contributed by atoms with E-state index in [1.165, 1.54) is 12.1 Å². The maximum atomic E-state index is 12.5. The van der Waals surface area contributed by atoms with E-state index in [0.29, 0.717) is 5.69 Å². The van der Waals surface area contributed by atoms with Crippen LogP contribution < -0.4 is 15.4 Å². The topological polar surface area (TPSA) is 118 Å². The summed E-state index contributed by atoms with van der Waals surface area (Å²) in [4.78, 5) is 24.3. The zero-order chi connectivity index (χ0) is 22.1. The van der Waals surface area contributed by atoms with Crippen LogP contribution in [0.15, 0.2) is 45.9 Å². The molecule has 0 radical (unpaired) electrons. The third kappa shape index (κ3) is 5.70. The second-order valence-corrected chi connectivity index (χ2v) is 10.2. The molecule has 30 heavy (non-hydrogen) atoms. The number of rotatable bonds is 7. The molecule has 1 saturated carbocycles. The van der Waals surface area contributed by atoms with Gasteiger partial charge in [0.25, 0.3) is 15.9 Å². The number of carbonyl (C=O) groups excluding carboxylic acids is 2. The summed E-state index contributed by atoms with van der Waals surface area (Å²) in [7, 11) is -3.86. The molecule has 162 valence electrons. The van der Waals surface area contributed by atoms with Crippen molar-refractivity contribution in [3.63, 3.8) is 0 Å². The average molecular weight is 434 g/mol. The van der Waals surface area contributed by atoms with Gasteiger partial charge < -0.3 is 15.1 Å². The fourth-order valence-corrected chi connectivity index (χ4v) is 4.19. The van der Waals surface area contributed by atoms with Crippen molar-refractivity contribution in [2.24, 2.45) is 5.92 Å². The highest BCUT2D eigenvalue weighted by molar-refractivity contribution is 7.89. The first-order valence-corrected chi connectivity index (χ1v) is 11.3. The summed E-state index contributed by atoms with van der Waals surface area (Å²) >= 11 is 0. The van der Waals surface area contributed by atoms with Gasteiger partial charge in [-0.3, -0.25) is 9.59 Å². The van der Waals surface area contributed by atoms with Crippen LogP contribution in [0.25, 0.3) is 0 Å². The largest absolute Gasteiger partial charge is 0.438 e. The number of nitrogens with one attached hydrogen (secondary N) is 3. The first-order valence-electron chi connectivity index (χ1n) is 9.80. The lowest BCUT2D eigenvalue weighted by Gasteiger charge is -2.19. The summed E-state index contributed by atoms with van der Waals surface area (Å²) in [6, 6.07) is 9.45. The van der Waals surface area contributed by atoms with Crippen LogP contribution >= 0.6 is 0 Å². The lowest BCUT2D eigenvalue weighted by molar-refractivity contribution is -0.117. The molecular formula is C21H27N3O5S. The predicted octanol–water partition coefficient (Wildman–Crippen LogP) is 3.20. The number of anilines is 1. The number of amides is 2. The summed E-state index contributed by atoms with van der Waals surface area (Å²) in [6.07, 6.45) is 1.88. The molecule has 2 amide bonds. The number of carbonyl (C=O) groups is 2. The molecular weight excluding hydrogens is 406 g/mol. The van der Waals surface area contributed by atoms with E-state index in [0.717, 1.165) is 18.4 Å². The van der Waals surface area contributed by atoms with Gasteiger partial charge in [-0.25, -0.2) is 13.1 Å². The summed E-state index contributed by atoms with van der Waals surface area (Å²) in [5.41, 5.74) is 0.871. The summed E-state index contributed by atoms with van der Waals surface area (Å²) in [5, 5.41) is 5.33. The molecule has 2 aromatic rings. The molecule has 1 aliphatic rings. The second-order valence-electron chi connectivity index (χ2n) is 8.55. The third-order valence-electron chi connectivity index (χ3n) is 4.48. The number of furan rings is 1. The molecule has 1 aliphatic carbocycles. The van der Waals surface area contributed by atoms with E-state index in [1.807, 2.05) is 12.1 Å². The van der Waals surface area contributed by atoms with Crippen LogP contribution in [-0.4, -0.2) is 25.8 Å². The van der Waals surface area contributed by atoms with E-state index in [-0.39, 0.29) is 28.7 Å². The Kier molecular flexibility index (Phi) is 6.05. The third-order valence-corrected chi connectivity index (χ3v) is 6.11. The Morgan fingerprint density at radius 2 is 1.70 bits per heavy atom. The van der Waals surface area contributed by atoms with Crippen molar-refractivity contribution >= 4 is 27.5 Å². The fraction of sp³-hybridized carbons (Fsp3) is 0.429. The van der Waals surface area contributed by atoms with Crippen molar-refractivity contribution in [2.45, 2.75) is 57.2 Å². The minimum absolute atomic E-state index is 0.0358. The minimum Gasteiger partial charge on any atom is -0.438 e. The van der Waals surface area contributed by atoms with E-state index >= 15 is 0 Å². The van der Waals surface area contributed by atoms with Gasteiger partial charge in [0.1, 0.15) is 0 Å². The quantitative estimate of drug-likeness (QED) is 0.620. The highest BCUT2D eigenvalue weighted by Crippen LogP contribution is 2.30. The first kappa shape index (κ1) is 22.0. The predicted molar refractivity (Wildman–Crippen MR) is 112 cm³/mol. The molecule has 3 N–H and O–H groups in total. The van der Waals surface area contributed by atoms with Gasteiger partial charge in [0.15, 0.2) is 5.76 Å². The zero-order valence-corrected chi connectivity index (χ0v) is 18.3. The van der Waals surface area contributed by atoms with Gasteiger partial charge in [-0.15, -0.1) is 0 Å². The molecule has 0 spiro atoms. The molecule has 1 fully saturated rings. The van der Waals surface area contributed by atoms with E-state index in [1.54, 1.807) is 39.8 Å². The fourth-order valence-electron chi connectivity index (χ4n) is 2.84. The number of benzene rings is 1. The van der Waals surface area contributed by atoms with E-state index in [2.05, 4.69) is 15.4 Å². The Bertz CT molecular complexity index is 1030. The normalized spacial score (nSPS) is 15.5. The average Bonchev–Trinajstić information content (AvgIpc) is 3.36. The lowest BCUT2D eigenvalue weighted by atomic mass is 10.1. The number of hydrogen-bond donors (Lipinski definition) is 3. The molecule has 9 heteroatoms.